The van der Waals surface area contributed by atoms with Crippen molar-refractivity contribution in [2.24, 2.45) is 0 Å². The molecular formula is C29H27NO5. The van der Waals surface area contributed by atoms with Crippen LogP contribution in [0.3, 0.4) is 0 Å². The summed E-state index contributed by atoms with van der Waals surface area (Å²) < 4.78 is 16.2. The van der Waals surface area contributed by atoms with E-state index in [9.17, 15) is 9.59 Å². The lowest BCUT2D eigenvalue weighted by Gasteiger charge is -2.30. The number of carbonyl (C=O) groups excluding carboxylic acids is 2. The van der Waals surface area contributed by atoms with Crippen LogP contribution < -0.4 is 14.8 Å². The first-order chi connectivity index (χ1) is 16.8. The van der Waals surface area contributed by atoms with Crippen molar-refractivity contribution >= 4 is 29.7 Å². The SMILES string of the molecule is COC(=O)c1ccc(-c2cc(/C=C/C(=O)Nc3ccc(OC)cc3)cc3c2OC(C)(C)C=C3)cc1. The van der Waals surface area contributed by atoms with E-state index in [1.54, 1.807) is 49.6 Å². The molecule has 6 heteroatoms. The molecule has 0 saturated carbocycles. The molecule has 1 heterocycles. The Morgan fingerprint density at radius 3 is 2.34 bits per heavy atom. The van der Waals surface area contributed by atoms with Crippen molar-refractivity contribution < 1.29 is 23.8 Å². The van der Waals surface area contributed by atoms with Crippen LogP contribution in [0.5, 0.6) is 11.5 Å². The molecule has 35 heavy (non-hydrogen) atoms. The fourth-order valence-corrected chi connectivity index (χ4v) is 3.74. The largest absolute Gasteiger partial charge is 0.497 e. The van der Waals surface area contributed by atoms with E-state index in [2.05, 4.69) is 5.32 Å². The summed E-state index contributed by atoms with van der Waals surface area (Å²) in [6.07, 6.45) is 7.29. The third kappa shape index (κ3) is 5.61. The molecule has 0 bridgehead atoms. The standard InChI is InChI=1S/C29H27NO5/c1-29(2)16-15-22-17-19(5-14-26(31)30-23-10-12-24(33-3)13-11-23)18-25(27(22)35-29)20-6-8-21(9-7-20)28(32)34-4/h5-18H,1-4H3,(H,30,31)/b14-5+. The molecule has 1 N–H and O–H groups in total. The van der Waals surface area contributed by atoms with Gasteiger partial charge in [-0.3, -0.25) is 4.79 Å². The third-order valence-electron chi connectivity index (χ3n) is 5.57. The lowest BCUT2D eigenvalue weighted by atomic mass is 9.93. The van der Waals surface area contributed by atoms with E-state index in [0.29, 0.717) is 11.3 Å². The predicted octanol–water partition coefficient (Wildman–Crippen LogP) is 5.98. The maximum absolute atomic E-state index is 12.5. The van der Waals surface area contributed by atoms with E-state index >= 15 is 0 Å². The zero-order valence-electron chi connectivity index (χ0n) is 20.1. The Morgan fingerprint density at radius 2 is 1.69 bits per heavy atom. The summed E-state index contributed by atoms with van der Waals surface area (Å²) in [6.45, 7) is 3.99. The smallest absolute Gasteiger partial charge is 0.337 e. The molecule has 0 spiro atoms. The number of ether oxygens (including phenoxy) is 3. The molecule has 0 atom stereocenters. The van der Waals surface area contributed by atoms with Gasteiger partial charge in [0, 0.05) is 22.9 Å². The molecule has 3 aromatic carbocycles. The van der Waals surface area contributed by atoms with Gasteiger partial charge in [-0.1, -0.05) is 18.2 Å². The second-order valence-electron chi connectivity index (χ2n) is 8.65. The van der Waals surface area contributed by atoms with Gasteiger partial charge < -0.3 is 19.5 Å². The summed E-state index contributed by atoms with van der Waals surface area (Å²) >= 11 is 0. The van der Waals surface area contributed by atoms with E-state index in [4.69, 9.17) is 14.2 Å². The van der Waals surface area contributed by atoms with Crippen molar-refractivity contribution in [1.29, 1.82) is 0 Å². The van der Waals surface area contributed by atoms with Gasteiger partial charge in [0.1, 0.15) is 17.1 Å². The summed E-state index contributed by atoms with van der Waals surface area (Å²) in [5, 5.41) is 2.84. The minimum atomic E-state index is -0.455. The van der Waals surface area contributed by atoms with Crippen LogP contribution >= 0.6 is 0 Å². The molecule has 0 saturated heterocycles. The van der Waals surface area contributed by atoms with Crippen molar-refractivity contribution in [3.05, 3.63) is 89.5 Å². The summed E-state index contributed by atoms with van der Waals surface area (Å²) in [4.78, 5) is 24.3. The molecule has 1 aliphatic rings. The number of rotatable bonds is 6. The van der Waals surface area contributed by atoms with Crippen LogP contribution in [0.1, 0.15) is 35.3 Å². The number of esters is 1. The Morgan fingerprint density at radius 1 is 0.971 bits per heavy atom. The van der Waals surface area contributed by atoms with E-state index in [1.807, 2.05) is 50.3 Å². The first kappa shape index (κ1) is 23.8. The predicted molar refractivity (Wildman–Crippen MR) is 138 cm³/mol. The molecule has 4 rings (SSSR count). The normalized spacial score (nSPS) is 13.6. The lowest BCUT2D eigenvalue weighted by Crippen LogP contribution is -2.27. The fourth-order valence-electron chi connectivity index (χ4n) is 3.74. The highest BCUT2D eigenvalue weighted by atomic mass is 16.5. The summed E-state index contributed by atoms with van der Waals surface area (Å²) in [5.74, 6) is 0.838. The Kier molecular flexibility index (Phi) is 6.73. The van der Waals surface area contributed by atoms with Gasteiger partial charge in [0.05, 0.1) is 19.8 Å². The second kappa shape index (κ2) is 9.89. The molecular weight excluding hydrogens is 442 g/mol. The number of amides is 1. The van der Waals surface area contributed by atoms with Crippen LogP contribution in [0.2, 0.25) is 0 Å². The number of hydrogen-bond donors (Lipinski definition) is 1. The maximum Gasteiger partial charge on any atom is 0.337 e. The molecule has 3 aromatic rings. The number of fused-ring (bicyclic) bond motifs is 1. The minimum Gasteiger partial charge on any atom is -0.497 e. The highest BCUT2D eigenvalue weighted by Gasteiger charge is 2.25. The Hall–Kier alpha value is -4.32. The first-order valence-electron chi connectivity index (χ1n) is 11.2. The molecule has 178 valence electrons. The average molecular weight is 470 g/mol. The Bertz CT molecular complexity index is 1300. The topological polar surface area (TPSA) is 73.9 Å². The quantitative estimate of drug-likeness (QED) is 0.355. The molecule has 0 aliphatic carbocycles. The van der Waals surface area contributed by atoms with Crippen LogP contribution in [0.4, 0.5) is 5.69 Å². The van der Waals surface area contributed by atoms with Crippen molar-refractivity contribution in [3.8, 4) is 22.6 Å². The minimum absolute atomic E-state index is 0.246. The fraction of sp³-hybridized carbons (Fsp3) is 0.172. The average Bonchev–Trinajstić information content (AvgIpc) is 2.87. The Balaban J connectivity index is 1.64. The van der Waals surface area contributed by atoms with Gasteiger partial charge >= 0.3 is 5.97 Å². The van der Waals surface area contributed by atoms with Crippen molar-refractivity contribution in [2.75, 3.05) is 19.5 Å². The summed E-state index contributed by atoms with van der Waals surface area (Å²) in [7, 11) is 2.95. The third-order valence-corrected chi connectivity index (χ3v) is 5.57. The zero-order chi connectivity index (χ0) is 25.0. The van der Waals surface area contributed by atoms with Gasteiger partial charge in [-0.15, -0.1) is 0 Å². The van der Waals surface area contributed by atoms with Gasteiger partial charge in [0.2, 0.25) is 5.91 Å². The van der Waals surface area contributed by atoms with Crippen molar-refractivity contribution in [3.63, 3.8) is 0 Å². The molecule has 0 aromatic heterocycles. The number of nitrogens with one attached hydrogen (secondary N) is 1. The van der Waals surface area contributed by atoms with E-state index < -0.39 is 11.6 Å². The Labute approximate surface area is 204 Å². The van der Waals surface area contributed by atoms with Crippen LogP contribution in [0, 0.1) is 0 Å². The highest BCUT2D eigenvalue weighted by Crippen LogP contribution is 2.41. The monoisotopic (exact) mass is 469 g/mol. The van der Waals surface area contributed by atoms with Gasteiger partial charge in [-0.2, -0.15) is 0 Å². The lowest BCUT2D eigenvalue weighted by molar-refractivity contribution is -0.111. The number of benzene rings is 3. The van der Waals surface area contributed by atoms with Crippen LogP contribution in [0.25, 0.3) is 23.3 Å². The van der Waals surface area contributed by atoms with Gasteiger partial charge in [0.25, 0.3) is 0 Å². The van der Waals surface area contributed by atoms with Crippen LogP contribution in [-0.2, 0) is 9.53 Å². The van der Waals surface area contributed by atoms with Crippen LogP contribution in [-0.4, -0.2) is 31.7 Å². The molecule has 1 aliphatic heterocycles. The molecule has 0 fully saturated rings. The number of hydrogen-bond acceptors (Lipinski definition) is 5. The molecule has 6 nitrogen and oxygen atoms in total. The molecule has 1 amide bonds. The summed E-state index contributed by atoms with van der Waals surface area (Å²) in [5.41, 5.74) is 4.20. The van der Waals surface area contributed by atoms with Crippen molar-refractivity contribution in [1.82, 2.24) is 0 Å². The highest BCUT2D eigenvalue weighted by molar-refractivity contribution is 6.02. The summed E-state index contributed by atoms with van der Waals surface area (Å²) in [6, 6.07) is 18.3. The van der Waals surface area contributed by atoms with Gasteiger partial charge in [-0.25, -0.2) is 4.79 Å². The first-order valence-corrected chi connectivity index (χ1v) is 11.2. The number of anilines is 1. The number of methoxy groups -OCH3 is 2. The number of carbonyl (C=O) groups is 2. The van der Waals surface area contributed by atoms with E-state index in [0.717, 1.165) is 33.8 Å². The zero-order valence-corrected chi connectivity index (χ0v) is 20.1. The molecule has 0 unspecified atom stereocenters. The van der Waals surface area contributed by atoms with Gasteiger partial charge in [-0.05, 0) is 85.7 Å². The second-order valence-corrected chi connectivity index (χ2v) is 8.65. The van der Waals surface area contributed by atoms with Crippen LogP contribution in [0.15, 0.2) is 72.8 Å². The van der Waals surface area contributed by atoms with E-state index in [-0.39, 0.29) is 5.91 Å². The maximum atomic E-state index is 12.5. The van der Waals surface area contributed by atoms with E-state index in [1.165, 1.54) is 13.2 Å². The van der Waals surface area contributed by atoms with Crippen molar-refractivity contribution in [2.45, 2.75) is 19.4 Å². The molecule has 0 radical (unpaired) electrons. The van der Waals surface area contributed by atoms with Gasteiger partial charge in [0.15, 0.2) is 0 Å².